The average Bonchev–Trinajstić information content (AvgIpc) is 3.56. The van der Waals surface area contributed by atoms with Gasteiger partial charge in [0, 0.05) is 29.9 Å². The van der Waals surface area contributed by atoms with Crippen molar-refractivity contribution in [2.45, 2.75) is 13.0 Å². The van der Waals surface area contributed by atoms with Crippen LogP contribution in [0.1, 0.15) is 17.9 Å². The van der Waals surface area contributed by atoms with Crippen LogP contribution in [0.2, 0.25) is 0 Å². The Morgan fingerprint density at radius 3 is 2.57 bits per heavy atom. The zero-order valence-electron chi connectivity index (χ0n) is 18.3. The maximum atomic E-state index is 12.6. The molecule has 4 aromatic rings. The van der Waals surface area contributed by atoms with Crippen molar-refractivity contribution >= 4 is 11.7 Å². The van der Waals surface area contributed by atoms with Gasteiger partial charge < -0.3 is 19.4 Å². The van der Waals surface area contributed by atoms with Crippen LogP contribution >= 0.6 is 0 Å². The first-order valence-corrected chi connectivity index (χ1v) is 10.8. The molecule has 1 saturated heterocycles. The van der Waals surface area contributed by atoms with Gasteiger partial charge in [0.2, 0.25) is 11.7 Å². The van der Waals surface area contributed by atoms with Gasteiger partial charge in [-0.3, -0.25) is 0 Å². The predicted octanol–water partition coefficient (Wildman–Crippen LogP) is 3.24. The summed E-state index contributed by atoms with van der Waals surface area (Å²) in [6.45, 7) is 2.49. The van der Waals surface area contributed by atoms with E-state index < -0.39 is 12.3 Å². The van der Waals surface area contributed by atoms with Gasteiger partial charge in [-0.1, -0.05) is 24.3 Å². The highest BCUT2D eigenvalue weighted by Crippen LogP contribution is 2.24. The molecule has 1 aliphatic heterocycles. The van der Waals surface area contributed by atoms with Crippen LogP contribution in [0.4, 0.5) is 19.3 Å². The molecule has 13 heteroatoms. The van der Waals surface area contributed by atoms with Crippen LogP contribution < -0.4 is 5.32 Å². The van der Waals surface area contributed by atoms with E-state index in [1.807, 2.05) is 6.07 Å². The fraction of sp³-hybridized carbons (Fsp3) is 0.273. The predicted molar refractivity (Wildman–Crippen MR) is 118 cm³/mol. The van der Waals surface area contributed by atoms with E-state index in [0.717, 1.165) is 5.56 Å². The average molecular weight is 482 g/mol. The van der Waals surface area contributed by atoms with Gasteiger partial charge in [-0.25, -0.2) is 4.79 Å². The molecule has 0 aliphatic carbocycles. The number of benzene rings is 2. The van der Waals surface area contributed by atoms with E-state index in [1.165, 1.54) is 4.80 Å². The molecule has 5 rings (SSSR count). The van der Waals surface area contributed by atoms with Crippen molar-refractivity contribution in [3.05, 3.63) is 60.0 Å². The molecule has 1 aliphatic rings. The van der Waals surface area contributed by atoms with Crippen LogP contribution in [0.15, 0.2) is 52.9 Å². The maximum absolute atomic E-state index is 12.6. The number of nitrogens with one attached hydrogen (secondary N) is 1. The summed E-state index contributed by atoms with van der Waals surface area (Å²) in [4.78, 5) is 15.6. The first-order valence-electron chi connectivity index (χ1n) is 10.8. The lowest BCUT2D eigenvalue weighted by atomic mass is 10.1. The van der Waals surface area contributed by atoms with Gasteiger partial charge in [-0.05, 0) is 35.0 Å². The van der Waals surface area contributed by atoms with E-state index in [-0.39, 0.29) is 11.9 Å². The number of carbonyl (C=O) groups is 1. The lowest BCUT2D eigenvalue weighted by molar-refractivity contribution is 0.0564. The summed E-state index contributed by atoms with van der Waals surface area (Å²) in [5, 5.41) is 22.5. The van der Waals surface area contributed by atoms with Crippen LogP contribution in [0.5, 0.6) is 0 Å². The number of amides is 2. The van der Waals surface area contributed by atoms with Crippen molar-refractivity contribution in [3.63, 3.8) is 0 Å². The number of urea groups is 1. The Labute approximate surface area is 197 Å². The summed E-state index contributed by atoms with van der Waals surface area (Å²) < 4.78 is 35.5. The second-order valence-corrected chi connectivity index (χ2v) is 7.70. The Bertz CT molecular complexity index is 1300. The molecule has 2 aromatic heterocycles. The number of nitrogens with zero attached hydrogens (tertiary/aromatic N) is 7. The Hall–Kier alpha value is -4.26. The molecule has 3 heterocycles. The zero-order chi connectivity index (χ0) is 24.2. The normalized spacial score (nSPS) is 13.9. The lowest BCUT2D eigenvalue weighted by Crippen LogP contribution is -2.43. The molecule has 180 valence electrons. The smallest absolute Gasteiger partial charge is 0.321 e. The minimum atomic E-state index is -2.81. The monoisotopic (exact) mass is 482 g/mol. The second kappa shape index (κ2) is 9.93. The van der Waals surface area contributed by atoms with Gasteiger partial charge in [0.15, 0.2) is 0 Å². The summed E-state index contributed by atoms with van der Waals surface area (Å²) in [7, 11) is 0. The van der Waals surface area contributed by atoms with E-state index in [0.29, 0.717) is 55.5 Å². The van der Waals surface area contributed by atoms with E-state index in [4.69, 9.17) is 9.15 Å². The number of anilines is 1. The summed E-state index contributed by atoms with van der Waals surface area (Å²) in [5.41, 5.74) is 2.72. The third-order valence-electron chi connectivity index (χ3n) is 5.28. The standard InChI is InChI=1S/C22H20F2N8O3/c23-18(24)21-28-27-20(35-21)15-6-4-14(5-7-15)13-32-29-19(26-30-32)16-2-1-3-17(12-16)25-22(33)31-8-10-34-11-9-31/h1-7,12,18H,8-11,13H2,(H,25,33). The zero-order valence-corrected chi connectivity index (χ0v) is 18.3. The highest BCUT2D eigenvalue weighted by atomic mass is 19.3. The fourth-order valence-electron chi connectivity index (χ4n) is 3.49. The van der Waals surface area contributed by atoms with Crippen molar-refractivity contribution < 1.29 is 22.7 Å². The third kappa shape index (κ3) is 5.30. The number of aromatic nitrogens is 6. The number of alkyl halides is 2. The van der Waals surface area contributed by atoms with Crippen molar-refractivity contribution in [2.24, 2.45) is 0 Å². The van der Waals surface area contributed by atoms with Crippen molar-refractivity contribution in [1.29, 1.82) is 0 Å². The van der Waals surface area contributed by atoms with Gasteiger partial charge >= 0.3 is 12.5 Å². The molecule has 1 fully saturated rings. The van der Waals surface area contributed by atoms with Crippen LogP contribution in [-0.4, -0.2) is 67.6 Å². The number of rotatable bonds is 6. The molecule has 0 spiro atoms. The molecule has 2 aromatic carbocycles. The number of halogens is 2. The number of tetrazole rings is 1. The number of ether oxygens (including phenoxy) is 1. The molecule has 2 amide bonds. The number of carbonyl (C=O) groups excluding carboxylic acids is 1. The number of hydrogen-bond donors (Lipinski definition) is 1. The molecular formula is C22H20F2N8O3. The Kier molecular flexibility index (Phi) is 6.39. The highest BCUT2D eigenvalue weighted by molar-refractivity contribution is 5.90. The van der Waals surface area contributed by atoms with Gasteiger partial charge in [0.1, 0.15) is 0 Å². The first-order chi connectivity index (χ1) is 17.0. The summed E-state index contributed by atoms with van der Waals surface area (Å²) in [5.74, 6) is -0.281. The van der Waals surface area contributed by atoms with Crippen LogP contribution in [0.25, 0.3) is 22.8 Å². The summed E-state index contributed by atoms with van der Waals surface area (Å²) >= 11 is 0. The summed E-state index contributed by atoms with van der Waals surface area (Å²) in [6, 6.07) is 14.0. The largest absolute Gasteiger partial charge is 0.415 e. The van der Waals surface area contributed by atoms with Crippen molar-refractivity contribution in [1.82, 2.24) is 35.3 Å². The second-order valence-electron chi connectivity index (χ2n) is 7.70. The van der Waals surface area contributed by atoms with E-state index >= 15 is 0 Å². The lowest BCUT2D eigenvalue weighted by Gasteiger charge is -2.26. The minimum absolute atomic E-state index is 0.0219. The van der Waals surface area contributed by atoms with E-state index in [9.17, 15) is 13.6 Å². The Balaban J connectivity index is 1.23. The molecule has 1 N–H and O–H groups in total. The Morgan fingerprint density at radius 2 is 1.83 bits per heavy atom. The molecule has 0 bridgehead atoms. The maximum Gasteiger partial charge on any atom is 0.321 e. The van der Waals surface area contributed by atoms with Crippen molar-refractivity contribution in [2.75, 3.05) is 31.6 Å². The van der Waals surface area contributed by atoms with Gasteiger partial charge in [-0.2, -0.15) is 13.6 Å². The molecule has 0 atom stereocenters. The van der Waals surface area contributed by atoms with Gasteiger partial charge in [0.25, 0.3) is 5.89 Å². The molecule has 35 heavy (non-hydrogen) atoms. The molecule has 0 saturated carbocycles. The van der Waals surface area contributed by atoms with E-state index in [2.05, 4.69) is 30.9 Å². The SMILES string of the molecule is O=C(Nc1cccc(-c2nnn(Cc3ccc(-c4nnc(C(F)F)o4)cc3)n2)c1)N1CCOCC1. The minimum Gasteiger partial charge on any atom is -0.415 e. The quantitative estimate of drug-likeness (QED) is 0.444. The molecule has 0 radical (unpaired) electrons. The first kappa shape index (κ1) is 22.5. The highest BCUT2D eigenvalue weighted by Gasteiger charge is 2.18. The van der Waals surface area contributed by atoms with Gasteiger partial charge in [0.05, 0.1) is 19.8 Å². The van der Waals surface area contributed by atoms with E-state index in [1.54, 1.807) is 47.4 Å². The van der Waals surface area contributed by atoms with Crippen LogP contribution in [0.3, 0.4) is 0 Å². The molecular weight excluding hydrogens is 462 g/mol. The van der Waals surface area contributed by atoms with Crippen LogP contribution in [0, 0.1) is 0 Å². The number of hydrogen-bond acceptors (Lipinski definition) is 8. The fourth-order valence-corrected chi connectivity index (χ4v) is 3.49. The molecule has 11 nitrogen and oxygen atoms in total. The summed E-state index contributed by atoms with van der Waals surface area (Å²) in [6.07, 6.45) is -2.81. The third-order valence-corrected chi connectivity index (χ3v) is 5.28. The van der Waals surface area contributed by atoms with Crippen LogP contribution in [-0.2, 0) is 11.3 Å². The topological polar surface area (TPSA) is 124 Å². The molecule has 0 unspecified atom stereocenters. The number of morpholine rings is 1. The van der Waals surface area contributed by atoms with Crippen molar-refractivity contribution in [3.8, 4) is 22.8 Å². The van der Waals surface area contributed by atoms with Gasteiger partial charge in [-0.15, -0.1) is 20.4 Å². The Morgan fingerprint density at radius 1 is 1.03 bits per heavy atom.